The molecule has 29 valence electrons. The topological polar surface area (TPSA) is 0 Å². The summed E-state index contributed by atoms with van der Waals surface area (Å²) in [5.41, 5.74) is 0. The zero-order valence-corrected chi connectivity index (χ0v) is 3.58. The Balaban J connectivity index is 2.31. The van der Waals surface area contributed by atoms with Gasteiger partial charge < -0.3 is 0 Å². The van der Waals surface area contributed by atoms with Gasteiger partial charge in [-0.25, -0.2) is 0 Å². The molecule has 0 spiro atoms. The van der Waals surface area contributed by atoms with Crippen LogP contribution < -0.4 is 0 Å². The van der Waals surface area contributed by atoms with E-state index in [0.717, 1.165) is 0 Å². The molecule has 1 aliphatic carbocycles. The Hall–Kier alpha value is -0.440. The van der Waals surface area contributed by atoms with Gasteiger partial charge in [-0.05, 0) is 0 Å². The molecule has 9 radical (unpaired) electrons. The normalized spacial score (nSPS) is 22.1. The predicted octanol–water partition coefficient (Wildman–Crippen LogP) is 0.533. The van der Waals surface area contributed by atoms with Gasteiger partial charge in [-0.15, -0.1) is 6.42 Å². The molecule has 0 amide bonds. The summed E-state index contributed by atoms with van der Waals surface area (Å²) in [5.74, 6) is 2.93. The molecule has 1 saturated carbocycles. The largest absolute Gasteiger partial charge is 0.119 e. The van der Waals surface area contributed by atoms with Crippen LogP contribution in [0.1, 0.15) is 0 Å². The van der Waals surface area contributed by atoms with Gasteiger partial charge in [-0.3, -0.25) is 0 Å². The highest BCUT2D eigenvalue weighted by Gasteiger charge is 2.14. The van der Waals surface area contributed by atoms with Crippen LogP contribution in [-0.4, -0.2) is 0 Å². The summed E-state index contributed by atoms with van der Waals surface area (Å²) < 4.78 is 0. The van der Waals surface area contributed by atoms with Crippen molar-refractivity contribution in [1.29, 1.82) is 0 Å². The van der Waals surface area contributed by atoms with Crippen molar-refractivity contribution in [2.24, 2.45) is 0 Å². The van der Waals surface area contributed by atoms with E-state index in [9.17, 15) is 0 Å². The molecule has 0 heteroatoms. The molecular weight excluding hydrogens is 84.1 g/mol. The van der Waals surface area contributed by atoms with E-state index in [-0.39, 0.29) is 0 Å². The van der Waals surface area contributed by atoms with Crippen LogP contribution in [0.25, 0.3) is 0 Å². The van der Waals surface area contributed by atoms with E-state index >= 15 is 0 Å². The smallest absolute Gasteiger partial charge is 0.0638 e. The van der Waals surface area contributed by atoms with Crippen molar-refractivity contribution in [3.05, 3.63) is 31.6 Å². The SMILES string of the molecule is C#C[C]1[C][C][C][C]1. The van der Waals surface area contributed by atoms with Crippen molar-refractivity contribution in [1.82, 2.24) is 0 Å². The average Bonchev–Trinajstić information content (AvgIpc) is 2.14. The molecule has 0 bridgehead atoms. The number of rotatable bonds is 0. The monoisotopic (exact) mass is 85.0 g/mol. The molecule has 1 fully saturated rings. The summed E-state index contributed by atoms with van der Waals surface area (Å²) in [5, 5.41) is 0. The standard InChI is InChI=1S/C7H/c1-2-7-5-3-4-6-7/h1H. The summed E-state index contributed by atoms with van der Waals surface area (Å²) in [7, 11) is 0. The Morgan fingerprint density at radius 3 is 2.14 bits per heavy atom. The van der Waals surface area contributed by atoms with Gasteiger partial charge in [0.05, 0.1) is 5.92 Å². The van der Waals surface area contributed by atoms with E-state index in [2.05, 4.69) is 31.6 Å². The fourth-order valence-corrected chi connectivity index (χ4v) is 0.291. The maximum Gasteiger partial charge on any atom is 0.0638 e. The Morgan fingerprint density at radius 2 is 1.86 bits per heavy atom. The van der Waals surface area contributed by atoms with Gasteiger partial charge in [-0.2, -0.15) is 0 Å². The van der Waals surface area contributed by atoms with Gasteiger partial charge >= 0.3 is 0 Å². The van der Waals surface area contributed by atoms with Crippen LogP contribution in [0.15, 0.2) is 0 Å². The quantitative estimate of drug-likeness (QED) is 0.376. The van der Waals surface area contributed by atoms with Gasteiger partial charge in [0.1, 0.15) is 0 Å². The van der Waals surface area contributed by atoms with Gasteiger partial charge in [0.2, 0.25) is 0 Å². The molecule has 0 aromatic heterocycles. The second-order valence-electron chi connectivity index (χ2n) is 1.02. The third kappa shape index (κ3) is 0.962. The molecule has 0 heterocycles. The average molecular weight is 85.1 g/mol. The van der Waals surface area contributed by atoms with E-state index < -0.39 is 0 Å². The zero-order chi connectivity index (χ0) is 5.11. The molecule has 7 heavy (non-hydrogen) atoms. The van der Waals surface area contributed by atoms with E-state index in [0.29, 0.717) is 5.92 Å². The van der Waals surface area contributed by atoms with Crippen LogP contribution in [0.5, 0.6) is 0 Å². The fourth-order valence-electron chi connectivity index (χ4n) is 0.291. The Bertz CT molecular complexity index is 80.7. The van der Waals surface area contributed by atoms with Gasteiger partial charge in [0.15, 0.2) is 0 Å². The Morgan fingerprint density at radius 1 is 1.29 bits per heavy atom. The minimum Gasteiger partial charge on any atom is -0.119 e. The number of hydrogen-bond acceptors (Lipinski definition) is 0. The molecule has 0 aromatic rings. The maximum atomic E-state index is 4.94. The van der Waals surface area contributed by atoms with Crippen molar-refractivity contribution >= 4 is 0 Å². The molecule has 0 saturated heterocycles. The summed E-state index contributed by atoms with van der Waals surface area (Å²) >= 11 is 0. The van der Waals surface area contributed by atoms with Crippen molar-refractivity contribution in [3.63, 3.8) is 0 Å². The minimum atomic E-state index is 0.597. The molecule has 0 atom stereocenters. The second kappa shape index (κ2) is 2.02. The van der Waals surface area contributed by atoms with E-state index in [1.807, 2.05) is 0 Å². The van der Waals surface area contributed by atoms with Crippen molar-refractivity contribution < 1.29 is 0 Å². The first-order valence-electron chi connectivity index (χ1n) is 1.79. The maximum absolute atomic E-state index is 4.94. The number of hydrogen-bond donors (Lipinski definition) is 0. The lowest BCUT2D eigenvalue weighted by Gasteiger charge is -1.87. The van der Waals surface area contributed by atoms with Crippen molar-refractivity contribution in [2.45, 2.75) is 0 Å². The summed E-state index contributed by atoms with van der Waals surface area (Å²) in [6.45, 7) is 0. The highest BCUT2D eigenvalue weighted by molar-refractivity contribution is 5.45. The molecule has 1 aliphatic rings. The molecule has 0 nitrogen and oxygen atoms in total. The zero-order valence-electron chi connectivity index (χ0n) is 3.58. The van der Waals surface area contributed by atoms with Crippen molar-refractivity contribution in [2.75, 3.05) is 0 Å². The number of terminal acetylenes is 1. The predicted molar refractivity (Wildman–Crippen MR) is 25.0 cm³/mol. The molecule has 0 N–H and O–H groups in total. The first kappa shape index (κ1) is 4.71. The van der Waals surface area contributed by atoms with E-state index in [1.165, 1.54) is 0 Å². The third-order valence-electron chi connectivity index (χ3n) is 0.582. The molecule has 1 rings (SSSR count). The van der Waals surface area contributed by atoms with Crippen LogP contribution in [0.3, 0.4) is 0 Å². The first-order valence-corrected chi connectivity index (χ1v) is 1.79. The molecule has 0 aliphatic heterocycles. The van der Waals surface area contributed by atoms with E-state index in [4.69, 9.17) is 6.42 Å². The minimum absolute atomic E-state index is 0.597. The summed E-state index contributed by atoms with van der Waals surface area (Å²) in [4.78, 5) is 0. The second-order valence-corrected chi connectivity index (χ2v) is 1.02. The highest BCUT2D eigenvalue weighted by atomic mass is 14.1. The third-order valence-corrected chi connectivity index (χ3v) is 0.582. The van der Waals surface area contributed by atoms with Crippen LogP contribution in [0.2, 0.25) is 0 Å². The lowest BCUT2D eigenvalue weighted by Crippen LogP contribution is -1.82. The lowest BCUT2D eigenvalue weighted by atomic mass is 10.1. The Kier molecular flexibility index (Phi) is 1.36. The van der Waals surface area contributed by atoms with Crippen LogP contribution in [-0.2, 0) is 0 Å². The molecular formula is C7H. The van der Waals surface area contributed by atoms with Crippen LogP contribution >= 0.6 is 0 Å². The van der Waals surface area contributed by atoms with E-state index in [1.54, 1.807) is 0 Å². The van der Waals surface area contributed by atoms with Crippen LogP contribution in [0, 0.1) is 43.9 Å². The summed E-state index contributed by atoms with van der Waals surface area (Å²) in [6, 6.07) is 0. The fraction of sp³-hybridized carbons (Fsp3) is 0. The first-order chi connectivity index (χ1) is 3.43. The molecule has 0 aromatic carbocycles. The van der Waals surface area contributed by atoms with Gasteiger partial charge in [0.25, 0.3) is 0 Å². The van der Waals surface area contributed by atoms with Gasteiger partial charge in [0, 0.05) is 25.7 Å². The lowest BCUT2D eigenvalue weighted by molar-refractivity contribution is 1.44. The van der Waals surface area contributed by atoms with Crippen molar-refractivity contribution in [3.8, 4) is 12.3 Å². The highest BCUT2D eigenvalue weighted by Crippen LogP contribution is 2.20. The van der Waals surface area contributed by atoms with Gasteiger partial charge in [-0.1, -0.05) is 5.92 Å². The van der Waals surface area contributed by atoms with Crippen LogP contribution in [0.4, 0.5) is 0 Å². The Labute approximate surface area is 44.9 Å². The molecule has 0 unspecified atom stereocenters. The summed E-state index contributed by atoms with van der Waals surface area (Å²) in [6.07, 6.45) is 15.2.